The number of ether oxygens (including phenoxy) is 1. The molecule has 25 heavy (non-hydrogen) atoms. The molecule has 134 valence electrons. The number of hydrogen-bond acceptors (Lipinski definition) is 3. The van der Waals surface area contributed by atoms with Crippen LogP contribution in [-0.2, 0) is 11.2 Å². The van der Waals surface area contributed by atoms with E-state index in [2.05, 4.69) is 12.2 Å². The van der Waals surface area contributed by atoms with E-state index in [1.54, 1.807) is 0 Å². The van der Waals surface area contributed by atoms with Gasteiger partial charge in [0.05, 0.1) is 6.61 Å². The second-order valence-electron chi connectivity index (χ2n) is 5.85. The average molecular weight is 453 g/mol. The number of nitrogens with one attached hydrogen (secondary N) is 1. The van der Waals surface area contributed by atoms with Crippen molar-refractivity contribution >= 4 is 34.6 Å². The van der Waals surface area contributed by atoms with E-state index in [0.29, 0.717) is 19.4 Å². The fourth-order valence-electron chi connectivity index (χ4n) is 2.39. The summed E-state index contributed by atoms with van der Waals surface area (Å²) in [6.45, 7) is 2.88. The zero-order valence-electron chi connectivity index (χ0n) is 14.5. The normalized spacial score (nSPS) is 10.3. The van der Waals surface area contributed by atoms with Crippen molar-refractivity contribution in [2.24, 2.45) is 0 Å². The standard InChI is InChI=1S/C20H24INO3/c1-2-3-4-14-24-19-7-5-6-17(15-19)22-20(23)13-10-16-8-11-18(25-21)12-9-16/h5-9,11-12,15H,2-4,10,13-14H2,1H3,(H,22,23). The van der Waals surface area contributed by atoms with Gasteiger partial charge in [-0.25, -0.2) is 0 Å². The lowest BCUT2D eigenvalue weighted by Gasteiger charge is -2.09. The predicted octanol–water partition coefficient (Wildman–Crippen LogP) is 5.56. The summed E-state index contributed by atoms with van der Waals surface area (Å²) in [5, 5.41) is 2.93. The van der Waals surface area contributed by atoms with Crippen LogP contribution in [0.2, 0.25) is 0 Å². The highest BCUT2D eigenvalue weighted by molar-refractivity contribution is 14.1. The van der Waals surface area contributed by atoms with Gasteiger partial charge in [0.15, 0.2) is 23.0 Å². The number of unbranched alkanes of at least 4 members (excludes halogenated alkanes) is 2. The van der Waals surface area contributed by atoms with Crippen molar-refractivity contribution in [3.05, 3.63) is 54.1 Å². The summed E-state index contributed by atoms with van der Waals surface area (Å²) in [5.74, 6) is 1.60. The van der Waals surface area contributed by atoms with Crippen molar-refractivity contribution in [1.82, 2.24) is 0 Å². The summed E-state index contributed by atoms with van der Waals surface area (Å²) in [6, 6.07) is 15.3. The van der Waals surface area contributed by atoms with E-state index < -0.39 is 0 Å². The van der Waals surface area contributed by atoms with Crippen LogP contribution in [0, 0.1) is 0 Å². The molecule has 5 heteroatoms. The van der Waals surface area contributed by atoms with Crippen LogP contribution in [-0.4, -0.2) is 12.5 Å². The first-order chi connectivity index (χ1) is 12.2. The van der Waals surface area contributed by atoms with Crippen LogP contribution in [0.15, 0.2) is 48.5 Å². The van der Waals surface area contributed by atoms with Gasteiger partial charge in [-0.1, -0.05) is 38.0 Å². The molecule has 0 bridgehead atoms. The van der Waals surface area contributed by atoms with Crippen molar-refractivity contribution < 1.29 is 12.6 Å². The van der Waals surface area contributed by atoms with Crippen molar-refractivity contribution in [3.8, 4) is 11.5 Å². The molecule has 1 N–H and O–H groups in total. The minimum absolute atomic E-state index is 0.00245. The van der Waals surface area contributed by atoms with Crippen molar-refractivity contribution in [3.63, 3.8) is 0 Å². The number of halogens is 1. The number of carbonyl (C=O) groups is 1. The van der Waals surface area contributed by atoms with Gasteiger partial charge in [-0.05, 0) is 42.7 Å². The Balaban J connectivity index is 1.79. The van der Waals surface area contributed by atoms with Gasteiger partial charge in [0.1, 0.15) is 11.5 Å². The molecule has 0 spiro atoms. The van der Waals surface area contributed by atoms with Gasteiger partial charge in [0, 0.05) is 18.2 Å². The Hall–Kier alpha value is -1.76. The van der Waals surface area contributed by atoms with Crippen molar-refractivity contribution in [2.45, 2.75) is 39.0 Å². The Bertz CT molecular complexity index is 658. The average Bonchev–Trinajstić information content (AvgIpc) is 2.64. The first-order valence-corrected chi connectivity index (χ1v) is 9.49. The monoisotopic (exact) mass is 453 g/mol. The molecule has 0 unspecified atom stereocenters. The molecule has 0 aliphatic carbocycles. The molecule has 0 fully saturated rings. The van der Waals surface area contributed by atoms with Gasteiger partial charge in [0.25, 0.3) is 0 Å². The maximum atomic E-state index is 12.1. The van der Waals surface area contributed by atoms with Crippen LogP contribution in [0.25, 0.3) is 0 Å². The third kappa shape index (κ3) is 7.34. The van der Waals surface area contributed by atoms with Crippen LogP contribution in [0.4, 0.5) is 5.69 Å². The number of anilines is 1. The molecule has 0 saturated heterocycles. The van der Waals surface area contributed by atoms with Gasteiger partial charge < -0.3 is 13.1 Å². The first-order valence-electron chi connectivity index (χ1n) is 8.61. The predicted molar refractivity (Wildman–Crippen MR) is 110 cm³/mol. The summed E-state index contributed by atoms with van der Waals surface area (Å²) in [4.78, 5) is 12.1. The second-order valence-corrected chi connectivity index (χ2v) is 6.29. The summed E-state index contributed by atoms with van der Waals surface area (Å²) in [6.07, 6.45) is 4.52. The molecule has 2 aromatic rings. The molecule has 2 aromatic carbocycles. The fraction of sp³-hybridized carbons (Fsp3) is 0.350. The highest BCUT2D eigenvalue weighted by Crippen LogP contribution is 2.19. The smallest absolute Gasteiger partial charge is 0.224 e. The molecule has 0 saturated carbocycles. The zero-order valence-corrected chi connectivity index (χ0v) is 16.6. The van der Waals surface area contributed by atoms with Gasteiger partial charge >= 0.3 is 0 Å². The van der Waals surface area contributed by atoms with Crippen LogP contribution >= 0.6 is 23.0 Å². The van der Waals surface area contributed by atoms with E-state index >= 15 is 0 Å². The topological polar surface area (TPSA) is 47.6 Å². The molecule has 0 radical (unpaired) electrons. The molecule has 0 aliphatic heterocycles. The summed E-state index contributed by atoms with van der Waals surface area (Å²) in [7, 11) is 0. The Morgan fingerprint density at radius 3 is 2.60 bits per heavy atom. The van der Waals surface area contributed by atoms with Crippen molar-refractivity contribution in [1.29, 1.82) is 0 Å². The van der Waals surface area contributed by atoms with Crippen LogP contribution in [0.3, 0.4) is 0 Å². The van der Waals surface area contributed by atoms with E-state index in [4.69, 9.17) is 7.80 Å². The van der Waals surface area contributed by atoms with E-state index in [1.807, 2.05) is 71.5 Å². The summed E-state index contributed by atoms with van der Waals surface area (Å²) in [5.41, 5.74) is 1.88. The molecule has 0 aliphatic rings. The lowest BCUT2D eigenvalue weighted by molar-refractivity contribution is -0.116. The molecule has 0 aromatic heterocycles. The summed E-state index contributed by atoms with van der Waals surface area (Å²) < 4.78 is 10.8. The number of benzene rings is 2. The Kier molecular flexibility index (Phi) is 8.59. The first kappa shape index (κ1) is 19.6. The highest BCUT2D eigenvalue weighted by Gasteiger charge is 2.05. The zero-order chi connectivity index (χ0) is 17.9. The third-order valence-corrected chi connectivity index (χ3v) is 4.30. The van der Waals surface area contributed by atoms with Crippen LogP contribution in [0.1, 0.15) is 38.2 Å². The fourth-order valence-corrected chi connectivity index (χ4v) is 2.69. The van der Waals surface area contributed by atoms with Gasteiger partial charge in [0.2, 0.25) is 5.91 Å². The minimum atomic E-state index is -0.00245. The van der Waals surface area contributed by atoms with Crippen molar-refractivity contribution in [2.75, 3.05) is 11.9 Å². The largest absolute Gasteiger partial charge is 0.494 e. The quantitative estimate of drug-likeness (QED) is 0.379. The van der Waals surface area contributed by atoms with Crippen LogP contribution in [0.5, 0.6) is 11.5 Å². The molecule has 4 nitrogen and oxygen atoms in total. The number of amides is 1. The molecule has 1 amide bonds. The van der Waals surface area contributed by atoms with E-state index in [-0.39, 0.29) is 5.91 Å². The Morgan fingerprint density at radius 2 is 1.88 bits per heavy atom. The van der Waals surface area contributed by atoms with Gasteiger partial charge in [-0.2, -0.15) is 0 Å². The number of rotatable bonds is 10. The Labute approximate surface area is 163 Å². The molecule has 2 rings (SSSR count). The maximum Gasteiger partial charge on any atom is 0.224 e. The maximum absolute atomic E-state index is 12.1. The van der Waals surface area contributed by atoms with E-state index in [0.717, 1.165) is 29.2 Å². The van der Waals surface area contributed by atoms with E-state index in [1.165, 1.54) is 12.8 Å². The number of aryl methyl sites for hydroxylation is 1. The third-order valence-electron chi connectivity index (χ3n) is 3.79. The SMILES string of the molecule is CCCCCOc1cccc(NC(=O)CCc2ccc(OI)cc2)c1. The van der Waals surface area contributed by atoms with Gasteiger partial charge in [-0.15, -0.1) is 0 Å². The van der Waals surface area contributed by atoms with Gasteiger partial charge in [-0.3, -0.25) is 4.79 Å². The Morgan fingerprint density at radius 1 is 1.08 bits per heavy atom. The lowest BCUT2D eigenvalue weighted by Crippen LogP contribution is -2.12. The summed E-state index contributed by atoms with van der Waals surface area (Å²) >= 11 is 1.85. The highest BCUT2D eigenvalue weighted by atomic mass is 127. The second kappa shape index (κ2) is 11.0. The molecule has 0 heterocycles. The molecular formula is C20H24INO3. The number of hydrogen-bond donors (Lipinski definition) is 1. The lowest BCUT2D eigenvalue weighted by atomic mass is 10.1. The van der Waals surface area contributed by atoms with E-state index in [9.17, 15) is 4.79 Å². The van der Waals surface area contributed by atoms with Crippen LogP contribution < -0.4 is 13.1 Å². The molecule has 0 atom stereocenters. The number of carbonyl (C=O) groups excluding carboxylic acids is 1. The minimum Gasteiger partial charge on any atom is -0.494 e. The molecular weight excluding hydrogens is 429 g/mol.